The maximum Gasteiger partial charge on any atom is 0.342 e. The van der Waals surface area contributed by atoms with Crippen molar-refractivity contribution < 1.29 is 24.9 Å². The highest BCUT2D eigenvalue weighted by atomic mass is 16.5. The molecule has 0 unspecified atom stereocenters. The van der Waals surface area contributed by atoms with Crippen LogP contribution in [0.5, 0.6) is 17.2 Å². The summed E-state index contributed by atoms with van der Waals surface area (Å²) in [5, 5.41) is 27.6. The number of hydrogen-bond acceptors (Lipinski definition) is 5. The Bertz CT molecular complexity index is 386. The van der Waals surface area contributed by atoms with Crippen LogP contribution >= 0.6 is 0 Å². The van der Waals surface area contributed by atoms with Crippen molar-refractivity contribution in [2.24, 2.45) is 0 Å². The molecule has 0 aliphatic rings. The van der Waals surface area contributed by atoms with E-state index in [-0.39, 0.29) is 12.2 Å². The second-order valence-electron chi connectivity index (χ2n) is 3.35. The molecular formula is C11H14O5. The topological polar surface area (TPSA) is 87.0 Å². The number of hydrogen-bond donors (Lipinski definition) is 3. The number of carbonyl (C=O) groups is 1. The minimum absolute atomic E-state index is 0.161. The number of phenolic OH excluding ortho intramolecular Hbond substituents is 3. The molecule has 0 saturated heterocycles. The summed E-state index contributed by atoms with van der Waals surface area (Å²) < 4.78 is 4.85. The number of rotatable bonds is 4. The molecule has 1 rings (SSSR count). The molecule has 5 nitrogen and oxygen atoms in total. The number of carbonyl (C=O) groups excluding carboxylic acids is 1. The molecule has 0 bridgehead atoms. The van der Waals surface area contributed by atoms with Crippen molar-refractivity contribution >= 4 is 5.97 Å². The van der Waals surface area contributed by atoms with E-state index in [2.05, 4.69) is 0 Å². The van der Waals surface area contributed by atoms with E-state index >= 15 is 0 Å². The molecule has 0 aromatic heterocycles. The van der Waals surface area contributed by atoms with Crippen LogP contribution in [0.1, 0.15) is 30.1 Å². The molecule has 16 heavy (non-hydrogen) atoms. The Morgan fingerprint density at radius 3 is 2.44 bits per heavy atom. The predicted molar refractivity (Wildman–Crippen MR) is 56.6 cm³/mol. The second-order valence-corrected chi connectivity index (χ2v) is 3.35. The first-order chi connectivity index (χ1) is 7.56. The molecule has 88 valence electrons. The van der Waals surface area contributed by atoms with Gasteiger partial charge in [-0.1, -0.05) is 13.3 Å². The van der Waals surface area contributed by atoms with Gasteiger partial charge in [0.05, 0.1) is 6.61 Å². The highest BCUT2D eigenvalue weighted by molar-refractivity contribution is 5.93. The highest BCUT2D eigenvalue weighted by Gasteiger charge is 2.15. The first-order valence-corrected chi connectivity index (χ1v) is 4.98. The van der Waals surface area contributed by atoms with Gasteiger partial charge in [0, 0.05) is 12.1 Å². The molecule has 0 fully saturated rings. The van der Waals surface area contributed by atoms with Crippen molar-refractivity contribution in [1.29, 1.82) is 0 Å². The summed E-state index contributed by atoms with van der Waals surface area (Å²) in [4.78, 5) is 11.4. The fourth-order valence-electron chi connectivity index (χ4n) is 1.12. The van der Waals surface area contributed by atoms with Gasteiger partial charge in [0.2, 0.25) is 0 Å². The van der Waals surface area contributed by atoms with Crippen LogP contribution in [0.3, 0.4) is 0 Å². The maximum atomic E-state index is 11.4. The fourth-order valence-corrected chi connectivity index (χ4v) is 1.12. The lowest BCUT2D eigenvalue weighted by Gasteiger charge is -2.07. The van der Waals surface area contributed by atoms with Crippen LogP contribution < -0.4 is 0 Å². The average Bonchev–Trinajstić information content (AvgIpc) is 2.23. The normalized spacial score (nSPS) is 10.1. The van der Waals surface area contributed by atoms with E-state index in [4.69, 9.17) is 9.84 Å². The highest BCUT2D eigenvalue weighted by Crippen LogP contribution is 2.32. The van der Waals surface area contributed by atoms with Crippen LogP contribution in [0.25, 0.3) is 0 Å². The monoisotopic (exact) mass is 226 g/mol. The van der Waals surface area contributed by atoms with E-state index < -0.39 is 23.2 Å². The molecular weight excluding hydrogens is 212 g/mol. The van der Waals surface area contributed by atoms with Crippen LogP contribution in [-0.4, -0.2) is 27.9 Å². The third-order valence-electron chi connectivity index (χ3n) is 2.04. The van der Waals surface area contributed by atoms with Crippen LogP contribution in [0.4, 0.5) is 0 Å². The number of phenols is 3. The Kier molecular flexibility index (Phi) is 3.99. The van der Waals surface area contributed by atoms with E-state index in [0.29, 0.717) is 0 Å². The van der Waals surface area contributed by atoms with E-state index in [9.17, 15) is 15.0 Å². The predicted octanol–water partition coefficient (Wildman–Crippen LogP) is 1.76. The summed E-state index contributed by atoms with van der Waals surface area (Å²) in [5.74, 6) is -2.10. The molecule has 1 aromatic carbocycles. The van der Waals surface area contributed by atoms with Crippen molar-refractivity contribution in [3.8, 4) is 17.2 Å². The zero-order valence-corrected chi connectivity index (χ0v) is 8.93. The Balaban J connectivity index is 2.79. The number of esters is 1. The number of aromatic hydroxyl groups is 3. The minimum Gasteiger partial charge on any atom is -0.507 e. The zero-order valence-electron chi connectivity index (χ0n) is 8.93. The largest absolute Gasteiger partial charge is 0.507 e. The Morgan fingerprint density at radius 1 is 1.19 bits per heavy atom. The van der Waals surface area contributed by atoms with Gasteiger partial charge in [-0.15, -0.1) is 0 Å². The maximum absolute atomic E-state index is 11.4. The van der Waals surface area contributed by atoms with Crippen molar-refractivity contribution in [1.82, 2.24) is 0 Å². The molecule has 0 spiro atoms. The third-order valence-corrected chi connectivity index (χ3v) is 2.04. The Morgan fingerprint density at radius 2 is 1.81 bits per heavy atom. The summed E-state index contributed by atoms with van der Waals surface area (Å²) in [6.07, 6.45) is 1.62. The molecule has 1 aromatic rings. The first kappa shape index (κ1) is 12.2. The summed E-state index contributed by atoms with van der Waals surface area (Å²) in [6, 6.07) is 1.87. The smallest absolute Gasteiger partial charge is 0.342 e. The number of unbranched alkanes of at least 4 members (excludes halogenated alkanes) is 1. The SMILES string of the molecule is CCCCOC(=O)c1cc(O)c(O)cc1O. The van der Waals surface area contributed by atoms with E-state index in [1.54, 1.807) is 0 Å². The van der Waals surface area contributed by atoms with Gasteiger partial charge in [-0.2, -0.15) is 0 Å². The Labute approximate surface area is 92.9 Å². The van der Waals surface area contributed by atoms with Crippen LogP contribution in [0.2, 0.25) is 0 Å². The van der Waals surface area contributed by atoms with Gasteiger partial charge in [-0.25, -0.2) is 4.79 Å². The van der Waals surface area contributed by atoms with Crippen molar-refractivity contribution in [3.63, 3.8) is 0 Å². The third kappa shape index (κ3) is 2.79. The van der Waals surface area contributed by atoms with Crippen molar-refractivity contribution in [2.45, 2.75) is 19.8 Å². The summed E-state index contributed by atoms with van der Waals surface area (Å²) in [5.41, 5.74) is -0.161. The summed E-state index contributed by atoms with van der Waals surface area (Å²) in [6.45, 7) is 2.22. The molecule has 0 aliphatic heterocycles. The van der Waals surface area contributed by atoms with E-state index in [1.807, 2.05) is 6.92 Å². The van der Waals surface area contributed by atoms with Gasteiger partial charge >= 0.3 is 5.97 Å². The summed E-state index contributed by atoms with van der Waals surface area (Å²) in [7, 11) is 0. The molecule has 3 N–H and O–H groups in total. The quantitative estimate of drug-likeness (QED) is 0.315. The second kappa shape index (κ2) is 5.25. The number of benzene rings is 1. The van der Waals surface area contributed by atoms with Gasteiger partial charge in [0.25, 0.3) is 0 Å². The fraction of sp³-hybridized carbons (Fsp3) is 0.364. The minimum atomic E-state index is -0.721. The van der Waals surface area contributed by atoms with Gasteiger partial charge in [0.15, 0.2) is 11.5 Å². The number of ether oxygens (including phenoxy) is 1. The van der Waals surface area contributed by atoms with E-state index in [1.165, 1.54) is 0 Å². The van der Waals surface area contributed by atoms with Crippen LogP contribution in [0, 0.1) is 0 Å². The molecule has 0 saturated carbocycles. The zero-order chi connectivity index (χ0) is 12.1. The standard InChI is InChI=1S/C11H14O5/c1-2-3-4-16-11(15)7-5-9(13)10(14)6-8(7)12/h5-6,12-14H,2-4H2,1H3. The molecule has 5 heteroatoms. The molecule has 0 atom stereocenters. The Hall–Kier alpha value is -1.91. The van der Waals surface area contributed by atoms with Gasteiger partial charge in [-0.05, 0) is 6.42 Å². The first-order valence-electron chi connectivity index (χ1n) is 4.98. The van der Waals surface area contributed by atoms with Crippen molar-refractivity contribution in [3.05, 3.63) is 17.7 Å². The van der Waals surface area contributed by atoms with Gasteiger partial charge in [0.1, 0.15) is 11.3 Å². The van der Waals surface area contributed by atoms with Gasteiger partial charge < -0.3 is 20.1 Å². The molecule has 0 amide bonds. The lowest BCUT2D eigenvalue weighted by molar-refractivity contribution is 0.0496. The summed E-state index contributed by atoms with van der Waals surface area (Å²) >= 11 is 0. The van der Waals surface area contributed by atoms with Crippen LogP contribution in [-0.2, 0) is 4.74 Å². The van der Waals surface area contributed by atoms with Crippen LogP contribution in [0.15, 0.2) is 12.1 Å². The molecule has 0 heterocycles. The average molecular weight is 226 g/mol. The van der Waals surface area contributed by atoms with Crippen molar-refractivity contribution in [2.75, 3.05) is 6.61 Å². The lowest BCUT2D eigenvalue weighted by atomic mass is 10.2. The van der Waals surface area contributed by atoms with Gasteiger partial charge in [-0.3, -0.25) is 0 Å². The molecule has 0 radical (unpaired) electrons. The molecule has 0 aliphatic carbocycles. The van der Waals surface area contributed by atoms with E-state index in [0.717, 1.165) is 25.0 Å². The lowest BCUT2D eigenvalue weighted by Crippen LogP contribution is -2.06.